The Morgan fingerprint density at radius 3 is 2.66 bits per heavy atom. The summed E-state index contributed by atoms with van der Waals surface area (Å²) in [6, 6.07) is 13.6. The van der Waals surface area contributed by atoms with Gasteiger partial charge >= 0.3 is 0 Å². The number of thiazole rings is 1. The molecule has 2 aromatic carbocycles. The average Bonchev–Trinajstić information content (AvgIpc) is 3.35. The van der Waals surface area contributed by atoms with Crippen LogP contribution in [-0.2, 0) is 6.42 Å². The fourth-order valence-corrected chi connectivity index (χ4v) is 3.80. The number of nitrogens with zero attached hydrogens (tertiary/aromatic N) is 4. The van der Waals surface area contributed by atoms with Crippen molar-refractivity contribution in [1.29, 1.82) is 0 Å². The fourth-order valence-electron chi connectivity index (χ4n) is 2.82. The summed E-state index contributed by atoms with van der Waals surface area (Å²) in [6.07, 6.45) is 0.487. The van der Waals surface area contributed by atoms with Gasteiger partial charge in [-0.05, 0) is 50.5 Å². The Balaban J connectivity index is 1.44. The largest absolute Gasteiger partial charge is 0.494 e. The van der Waals surface area contributed by atoms with Gasteiger partial charge in [-0.2, -0.15) is 0 Å². The summed E-state index contributed by atoms with van der Waals surface area (Å²) < 4.78 is 18.0. The number of likely N-dealkylation sites (N-methyl/N-ethyl adjacent to an activating group) is 1. The molecule has 0 saturated carbocycles. The molecular weight excluding hydrogens is 388 g/mol. The lowest BCUT2D eigenvalue weighted by atomic mass is 10.2. The van der Waals surface area contributed by atoms with E-state index >= 15 is 0 Å². The van der Waals surface area contributed by atoms with Crippen LogP contribution in [0.1, 0.15) is 10.9 Å². The predicted molar refractivity (Wildman–Crippen MR) is 113 cm³/mol. The van der Waals surface area contributed by atoms with Crippen LogP contribution in [0, 0.1) is 0 Å². The van der Waals surface area contributed by atoms with Crippen LogP contribution in [0.4, 0.5) is 0 Å². The van der Waals surface area contributed by atoms with Gasteiger partial charge in [0.1, 0.15) is 28.6 Å². The molecule has 0 N–H and O–H groups in total. The van der Waals surface area contributed by atoms with Gasteiger partial charge < -0.3 is 18.8 Å². The number of para-hydroxylation sites is 1. The fraction of sp³-hybridized carbons (Fsp3) is 0.286. The molecule has 0 aliphatic carbocycles. The monoisotopic (exact) mass is 410 g/mol. The molecular formula is C21H22N4O3S. The van der Waals surface area contributed by atoms with Gasteiger partial charge in [0.15, 0.2) is 0 Å². The molecule has 0 amide bonds. The smallest absolute Gasteiger partial charge is 0.247 e. The minimum atomic E-state index is 0.485. The number of benzene rings is 2. The van der Waals surface area contributed by atoms with Gasteiger partial charge in [0.05, 0.1) is 18.2 Å². The van der Waals surface area contributed by atoms with E-state index in [0.29, 0.717) is 24.8 Å². The highest BCUT2D eigenvalue weighted by Gasteiger charge is 2.14. The minimum Gasteiger partial charge on any atom is -0.494 e. The highest BCUT2D eigenvalue weighted by atomic mass is 32.1. The maximum atomic E-state index is 5.84. The van der Waals surface area contributed by atoms with E-state index in [1.807, 2.05) is 56.6 Å². The summed E-state index contributed by atoms with van der Waals surface area (Å²) in [5.41, 5.74) is 1.72. The molecule has 0 spiro atoms. The summed E-state index contributed by atoms with van der Waals surface area (Å²) >= 11 is 1.60. The molecule has 0 radical (unpaired) electrons. The van der Waals surface area contributed by atoms with Crippen molar-refractivity contribution < 1.29 is 13.9 Å². The van der Waals surface area contributed by atoms with Crippen molar-refractivity contribution in [3.05, 3.63) is 53.4 Å². The van der Waals surface area contributed by atoms with Crippen LogP contribution in [-0.4, -0.2) is 54.4 Å². The van der Waals surface area contributed by atoms with Crippen LogP contribution in [0.25, 0.3) is 21.7 Å². The van der Waals surface area contributed by atoms with E-state index in [9.17, 15) is 0 Å². The Kier molecular flexibility index (Phi) is 5.73. The standard InChI is InChI=1S/C21H22N4O3S/c1-25(2)11-12-27-15-9-7-14(8-10-15)21-24-23-18(28-21)13-19-22-20-16(26-3)5-4-6-17(20)29-19/h4-10H,11-13H2,1-3H3. The lowest BCUT2D eigenvalue weighted by molar-refractivity contribution is 0.261. The molecule has 0 bridgehead atoms. The Morgan fingerprint density at radius 2 is 1.90 bits per heavy atom. The second-order valence-electron chi connectivity index (χ2n) is 6.77. The zero-order valence-electron chi connectivity index (χ0n) is 16.6. The highest BCUT2D eigenvalue weighted by Crippen LogP contribution is 2.30. The minimum absolute atomic E-state index is 0.485. The number of aromatic nitrogens is 3. The zero-order chi connectivity index (χ0) is 20.2. The van der Waals surface area contributed by atoms with Crippen molar-refractivity contribution in [1.82, 2.24) is 20.1 Å². The number of rotatable bonds is 8. The van der Waals surface area contributed by atoms with Gasteiger partial charge in [0.2, 0.25) is 11.8 Å². The van der Waals surface area contributed by atoms with Crippen molar-refractivity contribution in [2.45, 2.75) is 6.42 Å². The molecule has 0 aliphatic rings. The molecule has 0 unspecified atom stereocenters. The van der Waals surface area contributed by atoms with Gasteiger partial charge in [-0.3, -0.25) is 0 Å². The van der Waals surface area contributed by atoms with Gasteiger partial charge in [0.25, 0.3) is 0 Å². The first-order valence-electron chi connectivity index (χ1n) is 9.25. The first-order valence-corrected chi connectivity index (χ1v) is 10.1. The van der Waals surface area contributed by atoms with Crippen molar-refractivity contribution in [3.63, 3.8) is 0 Å². The topological polar surface area (TPSA) is 73.5 Å². The molecule has 2 heterocycles. The normalized spacial score (nSPS) is 11.3. The van der Waals surface area contributed by atoms with Crippen LogP contribution >= 0.6 is 11.3 Å². The third-order valence-corrected chi connectivity index (χ3v) is 5.34. The maximum Gasteiger partial charge on any atom is 0.247 e. The molecule has 0 fully saturated rings. The Hall–Kier alpha value is -2.97. The lowest BCUT2D eigenvalue weighted by Gasteiger charge is -2.10. The van der Waals surface area contributed by atoms with E-state index in [0.717, 1.165) is 38.8 Å². The van der Waals surface area contributed by atoms with E-state index < -0.39 is 0 Å². The van der Waals surface area contributed by atoms with E-state index in [4.69, 9.17) is 13.9 Å². The first kappa shape index (κ1) is 19.4. The Morgan fingerprint density at radius 1 is 1.07 bits per heavy atom. The lowest BCUT2D eigenvalue weighted by Crippen LogP contribution is -2.19. The van der Waals surface area contributed by atoms with Crippen LogP contribution < -0.4 is 9.47 Å². The van der Waals surface area contributed by atoms with Gasteiger partial charge in [-0.1, -0.05) is 6.07 Å². The predicted octanol–water partition coefficient (Wildman–Crippen LogP) is 3.89. The number of hydrogen-bond donors (Lipinski definition) is 0. The molecule has 7 nitrogen and oxygen atoms in total. The summed E-state index contributed by atoms with van der Waals surface area (Å²) in [5.74, 6) is 2.60. The van der Waals surface area contributed by atoms with Crippen LogP contribution in [0.3, 0.4) is 0 Å². The summed E-state index contributed by atoms with van der Waals surface area (Å²) in [6.45, 7) is 1.51. The molecule has 8 heteroatoms. The van der Waals surface area contributed by atoms with E-state index in [-0.39, 0.29) is 0 Å². The number of fused-ring (bicyclic) bond motifs is 1. The van der Waals surface area contributed by atoms with Crippen molar-refractivity contribution >= 4 is 21.6 Å². The third kappa shape index (κ3) is 4.55. The zero-order valence-corrected chi connectivity index (χ0v) is 17.4. The van der Waals surface area contributed by atoms with Gasteiger partial charge in [0, 0.05) is 12.1 Å². The van der Waals surface area contributed by atoms with E-state index in [1.165, 1.54) is 0 Å². The van der Waals surface area contributed by atoms with Gasteiger partial charge in [-0.25, -0.2) is 4.98 Å². The van der Waals surface area contributed by atoms with E-state index in [2.05, 4.69) is 20.1 Å². The van der Waals surface area contributed by atoms with E-state index in [1.54, 1.807) is 18.4 Å². The summed E-state index contributed by atoms with van der Waals surface area (Å²) in [5, 5.41) is 9.25. The van der Waals surface area contributed by atoms with Crippen LogP contribution in [0.2, 0.25) is 0 Å². The second kappa shape index (κ2) is 8.59. The number of ether oxygens (including phenoxy) is 2. The maximum absolute atomic E-state index is 5.84. The highest BCUT2D eigenvalue weighted by molar-refractivity contribution is 7.18. The molecule has 0 saturated heterocycles. The first-order chi connectivity index (χ1) is 14.1. The van der Waals surface area contributed by atoms with Crippen molar-refractivity contribution in [2.75, 3.05) is 34.4 Å². The molecule has 0 aliphatic heterocycles. The Labute approximate surface area is 172 Å². The van der Waals surface area contributed by atoms with Crippen LogP contribution in [0.15, 0.2) is 46.9 Å². The molecule has 0 atom stereocenters. The van der Waals surface area contributed by atoms with Crippen LogP contribution in [0.5, 0.6) is 11.5 Å². The summed E-state index contributed by atoms with van der Waals surface area (Å²) in [4.78, 5) is 6.74. The second-order valence-corrected chi connectivity index (χ2v) is 7.88. The summed E-state index contributed by atoms with van der Waals surface area (Å²) in [7, 11) is 5.69. The molecule has 4 aromatic rings. The quantitative estimate of drug-likeness (QED) is 0.436. The number of methoxy groups -OCH3 is 1. The SMILES string of the molecule is COc1cccc2sc(Cc3nnc(-c4ccc(OCCN(C)C)cc4)o3)nc12. The molecule has 4 rings (SSSR count). The Bertz CT molecular complexity index is 1090. The number of hydrogen-bond acceptors (Lipinski definition) is 8. The molecule has 150 valence electrons. The van der Waals surface area contributed by atoms with Gasteiger partial charge in [-0.15, -0.1) is 21.5 Å². The molecule has 2 aromatic heterocycles. The van der Waals surface area contributed by atoms with Crippen molar-refractivity contribution in [3.8, 4) is 23.0 Å². The van der Waals surface area contributed by atoms with Crippen molar-refractivity contribution in [2.24, 2.45) is 0 Å². The molecule has 29 heavy (non-hydrogen) atoms. The third-order valence-electron chi connectivity index (χ3n) is 4.32. The average molecular weight is 410 g/mol.